The van der Waals surface area contributed by atoms with Crippen molar-refractivity contribution in [3.05, 3.63) is 5.82 Å². The van der Waals surface area contributed by atoms with Gasteiger partial charge in [-0.25, -0.2) is 4.98 Å². The Morgan fingerprint density at radius 3 is 2.67 bits per heavy atom. The van der Waals surface area contributed by atoms with Gasteiger partial charge in [0.05, 0.1) is 0 Å². The zero-order chi connectivity index (χ0) is 16.9. The molecule has 24 heavy (non-hydrogen) atoms. The van der Waals surface area contributed by atoms with E-state index in [1.807, 2.05) is 0 Å². The fourth-order valence-electron chi connectivity index (χ4n) is 3.29. The third kappa shape index (κ3) is 4.18. The highest BCUT2D eigenvalue weighted by Crippen LogP contribution is 2.34. The number of hydrogen-bond donors (Lipinski definition) is 1. The van der Waals surface area contributed by atoms with Crippen molar-refractivity contribution in [2.45, 2.75) is 52.5 Å². The van der Waals surface area contributed by atoms with E-state index in [-0.39, 0.29) is 0 Å². The Balaban J connectivity index is 1.52. The minimum Gasteiger partial charge on any atom is -0.353 e. The number of anilines is 1. The maximum Gasteiger partial charge on any atom is 0.205 e. The number of aromatic nitrogens is 2. The average molecular weight is 351 g/mol. The summed E-state index contributed by atoms with van der Waals surface area (Å²) in [5, 5.41) is 4.76. The smallest absolute Gasteiger partial charge is 0.205 e. The Morgan fingerprint density at radius 1 is 1.25 bits per heavy atom. The first-order chi connectivity index (χ1) is 11.7. The molecule has 1 N–H and O–H groups in total. The molecule has 0 aromatic carbocycles. The minimum atomic E-state index is 0.642. The van der Waals surface area contributed by atoms with Gasteiger partial charge in [0, 0.05) is 56.7 Å². The summed E-state index contributed by atoms with van der Waals surface area (Å²) in [5.74, 6) is 2.92. The predicted octanol–water partition coefficient (Wildman–Crippen LogP) is 2.38. The molecule has 0 spiro atoms. The molecule has 1 saturated carbocycles. The van der Waals surface area contributed by atoms with E-state index in [4.69, 9.17) is 4.99 Å². The van der Waals surface area contributed by atoms with Gasteiger partial charge in [0.1, 0.15) is 5.82 Å². The summed E-state index contributed by atoms with van der Waals surface area (Å²) in [5.41, 5.74) is 0. The van der Waals surface area contributed by atoms with Gasteiger partial charge in [0.15, 0.2) is 5.96 Å². The first kappa shape index (κ1) is 17.5. The molecule has 134 valence electrons. The van der Waals surface area contributed by atoms with Crippen molar-refractivity contribution < 1.29 is 0 Å². The lowest BCUT2D eigenvalue weighted by molar-refractivity contribution is 0.370. The van der Waals surface area contributed by atoms with Gasteiger partial charge in [-0.15, -0.1) is 0 Å². The fourth-order valence-corrected chi connectivity index (χ4v) is 4.09. The van der Waals surface area contributed by atoms with Crippen LogP contribution in [0, 0.1) is 5.92 Å². The van der Waals surface area contributed by atoms with Crippen LogP contribution in [0.1, 0.15) is 45.9 Å². The molecular formula is C17H30N6S. The molecule has 0 bridgehead atoms. The van der Waals surface area contributed by atoms with Gasteiger partial charge in [-0.05, 0) is 25.7 Å². The van der Waals surface area contributed by atoms with Crippen LogP contribution in [-0.4, -0.2) is 59.0 Å². The Hall–Kier alpha value is -1.37. The van der Waals surface area contributed by atoms with Crippen LogP contribution in [0.4, 0.5) is 5.13 Å². The molecule has 2 heterocycles. The van der Waals surface area contributed by atoms with Gasteiger partial charge in [-0.2, -0.15) is 4.37 Å². The zero-order valence-corrected chi connectivity index (χ0v) is 16.0. The van der Waals surface area contributed by atoms with E-state index in [9.17, 15) is 0 Å². The van der Waals surface area contributed by atoms with Gasteiger partial charge < -0.3 is 15.1 Å². The van der Waals surface area contributed by atoms with Crippen LogP contribution in [0.25, 0.3) is 0 Å². The quantitative estimate of drug-likeness (QED) is 0.630. The summed E-state index contributed by atoms with van der Waals surface area (Å²) in [6.45, 7) is 11.3. The molecule has 1 aliphatic carbocycles. The summed E-state index contributed by atoms with van der Waals surface area (Å²) >= 11 is 1.53. The van der Waals surface area contributed by atoms with E-state index in [1.54, 1.807) is 0 Å². The number of piperazine rings is 1. The summed E-state index contributed by atoms with van der Waals surface area (Å²) < 4.78 is 4.41. The number of hydrogen-bond acceptors (Lipinski definition) is 5. The number of aryl methyl sites for hydroxylation is 1. The Labute approximate surface area is 149 Å². The summed E-state index contributed by atoms with van der Waals surface area (Å²) in [4.78, 5) is 14.1. The molecule has 1 saturated heterocycles. The van der Waals surface area contributed by atoms with Gasteiger partial charge in [-0.3, -0.25) is 4.99 Å². The largest absolute Gasteiger partial charge is 0.353 e. The van der Waals surface area contributed by atoms with Gasteiger partial charge in [0.2, 0.25) is 5.13 Å². The predicted molar refractivity (Wildman–Crippen MR) is 101 cm³/mol. The normalized spacial score (nSPS) is 24.4. The van der Waals surface area contributed by atoms with E-state index < -0.39 is 0 Å². The van der Waals surface area contributed by atoms with Crippen LogP contribution in [0.3, 0.4) is 0 Å². The van der Waals surface area contributed by atoms with Crippen LogP contribution in [0.15, 0.2) is 4.99 Å². The summed E-state index contributed by atoms with van der Waals surface area (Å²) in [6.07, 6.45) is 4.83. The monoisotopic (exact) mass is 350 g/mol. The first-order valence-electron chi connectivity index (χ1n) is 9.38. The molecule has 6 nitrogen and oxygen atoms in total. The molecule has 2 aliphatic rings. The van der Waals surface area contributed by atoms with Crippen LogP contribution in [-0.2, 0) is 6.42 Å². The van der Waals surface area contributed by atoms with Crippen LogP contribution in [0.2, 0.25) is 0 Å². The van der Waals surface area contributed by atoms with Crippen LogP contribution >= 0.6 is 11.5 Å². The zero-order valence-electron chi connectivity index (χ0n) is 15.2. The van der Waals surface area contributed by atoms with Crippen molar-refractivity contribution >= 4 is 22.6 Å². The highest BCUT2D eigenvalue weighted by molar-refractivity contribution is 7.09. The van der Waals surface area contributed by atoms with Crippen molar-refractivity contribution in [1.29, 1.82) is 0 Å². The third-order valence-electron chi connectivity index (χ3n) is 4.83. The van der Waals surface area contributed by atoms with E-state index in [0.29, 0.717) is 6.04 Å². The van der Waals surface area contributed by atoms with Crippen molar-refractivity contribution in [3.63, 3.8) is 0 Å². The number of guanidine groups is 1. The fraction of sp³-hybridized carbons (Fsp3) is 0.824. The molecule has 2 fully saturated rings. The second kappa shape index (κ2) is 8.14. The van der Waals surface area contributed by atoms with E-state index in [1.165, 1.54) is 30.8 Å². The lowest BCUT2D eigenvalue weighted by Gasteiger charge is -2.36. The Kier molecular flexibility index (Phi) is 5.92. The molecule has 1 aliphatic heterocycles. The molecule has 2 atom stereocenters. The van der Waals surface area contributed by atoms with Crippen molar-refractivity contribution in [1.82, 2.24) is 19.6 Å². The summed E-state index contributed by atoms with van der Waals surface area (Å²) in [7, 11) is 0. The van der Waals surface area contributed by atoms with Crippen LogP contribution in [0.5, 0.6) is 0 Å². The maximum atomic E-state index is 4.73. The van der Waals surface area contributed by atoms with Crippen molar-refractivity contribution in [2.75, 3.05) is 37.6 Å². The van der Waals surface area contributed by atoms with E-state index in [2.05, 4.69) is 45.2 Å². The molecule has 1 aromatic rings. The van der Waals surface area contributed by atoms with Crippen LogP contribution < -0.4 is 10.2 Å². The van der Waals surface area contributed by atoms with E-state index in [0.717, 1.165) is 62.0 Å². The Morgan fingerprint density at radius 2 is 2.04 bits per heavy atom. The van der Waals surface area contributed by atoms with Gasteiger partial charge in [0.25, 0.3) is 0 Å². The van der Waals surface area contributed by atoms with Crippen molar-refractivity contribution in [3.8, 4) is 0 Å². The lowest BCUT2D eigenvalue weighted by atomic mass is 10.2. The standard InChI is InChI=1S/C17H30N6S/c1-4-7-13-12-14(13)19-16(18-6-3)22-8-10-23(11-9-22)17-20-15(5-2)21-24-17/h13-14H,4-12H2,1-3H3,(H,18,19). The third-order valence-corrected chi connectivity index (χ3v) is 5.64. The molecule has 0 amide bonds. The SMILES string of the molecule is CCCC1CC1NC(=NCC)N1CCN(c2nc(CC)ns2)CC1. The number of rotatable bonds is 6. The molecular weight excluding hydrogens is 320 g/mol. The molecule has 7 heteroatoms. The first-order valence-corrected chi connectivity index (χ1v) is 10.2. The average Bonchev–Trinajstić information content (AvgIpc) is 3.15. The minimum absolute atomic E-state index is 0.642. The molecule has 2 unspecified atom stereocenters. The number of aliphatic imine (C=N–C) groups is 1. The molecule has 0 radical (unpaired) electrons. The van der Waals surface area contributed by atoms with E-state index >= 15 is 0 Å². The highest BCUT2D eigenvalue weighted by atomic mass is 32.1. The second-order valence-electron chi connectivity index (χ2n) is 6.65. The number of nitrogens with one attached hydrogen (secondary N) is 1. The second-order valence-corrected chi connectivity index (χ2v) is 7.38. The van der Waals surface area contributed by atoms with Gasteiger partial charge >= 0.3 is 0 Å². The molecule has 3 rings (SSSR count). The summed E-state index contributed by atoms with van der Waals surface area (Å²) in [6, 6.07) is 0.642. The Bertz CT molecular complexity index is 549. The van der Waals surface area contributed by atoms with Gasteiger partial charge in [-0.1, -0.05) is 20.3 Å². The molecule has 1 aromatic heterocycles. The lowest BCUT2D eigenvalue weighted by Crippen LogP contribution is -2.53. The topological polar surface area (TPSA) is 56.7 Å². The number of nitrogens with zero attached hydrogens (tertiary/aromatic N) is 5. The van der Waals surface area contributed by atoms with Crippen molar-refractivity contribution in [2.24, 2.45) is 10.9 Å². The maximum absolute atomic E-state index is 4.73. The highest BCUT2D eigenvalue weighted by Gasteiger charge is 2.37.